The third kappa shape index (κ3) is 2.79. The fourth-order valence-corrected chi connectivity index (χ4v) is 1.17. The van der Waals surface area contributed by atoms with E-state index >= 15 is 0 Å². The van der Waals surface area contributed by atoms with Crippen molar-refractivity contribution in [2.45, 2.75) is 31.2 Å². The van der Waals surface area contributed by atoms with Crippen molar-refractivity contribution >= 4 is 12.4 Å². The summed E-state index contributed by atoms with van der Waals surface area (Å²) in [5.41, 5.74) is 0. The molecule has 1 aliphatic heterocycles. The number of rotatable bonds is 0. The van der Waals surface area contributed by atoms with Crippen LogP contribution in [0.5, 0.6) is 0 Å². The summed E-state index contributed by atoms with van der Waals surface area (Å²) in [6.45, 7) is 0.255. The second-order valence-corrected chi connectivity index (χ2v) is 2.63. The lowest BCUT2D eigenvalue weighted by Gasteiger charge is -2.28. The van der Waals surface area contributed by atoms with E-state index in [-0.39, 0.29) is 25.4 Å². The summed E-state index contributed by atoms with van der Waals surface area (Å²) in [6, 6.07) is -1.95. The molecule has 0 aliphatic carbocycles. The van der Waals surface area contributed by atoms with Gasteiger partial charge >= 0.3 is 6.18 Å². The van der Waals surface area contributed by atoms with Crippen LogP contribution in [0, 0.1) is 0 Å². The Labute approximate surface area is 73.9 Å². The molecule has 1 heterocycles. The van der Waals surface area contributed by atoms with Gasteiger partial charge < -0.3 is 5.32 Å². The monoisotopic (exact) mass is 207 g/mol. The second-order valence-electron chi connectivity index (χ2n) is 2.63. The molecule has 6 heteroatoms. The second kappa shape index (κ2) is 4.28. The third-order valence-electron chi connectivity index (χ3n) is 1.74. The van der Waals surface area contributed by atoms with Gasteiger partial charge in [-0.1, -0.05) is 0 Å². The molecule has 1 nitrogen and oxygen atoms in total. The average Bonchev–Trinajstić information content (AvgIpc) is 1.86. The molecule has 0 saturated carbocycles. The summed E-state index contributed by atoms with van der Waals surface area (Å²) in [7, 11) is 0. The maximum atomic E-state index is 12.6. The van der Waals surface area contributed by atoms with Gasteiger partial charge in [0.1, 0.15) is 12.2 Å². The number of nitrogens with one attached hydrogen (secondary N) is 1. The fourth-order valence-electron chi connectivity index (χ4n) is 1.17. The van der Waals surface area contributed by atoms with Crippen LogP contribution in [0.15, 0.2) is 0 Å². The molecule has 0 radical (unpaired) electrons. The molecule has 74 valence electrons. The van der Waals surface area contributed by atoms with E-state index in [0.717, 1.165) is 0 Å². The molecule has 0 amide bonds. The minimum atomic E-state index is -4.44. The zero-order valence-corrected chi connectivity index (χ0v) is 7.01. The molecule has 1 aliphatic rings. The minimum absolute atomic E-state index is 0. The zero-order valence-electron chi connectivity index (χ0n) is 6.20. The number of halogens is 5. The molecule has 0 spiro atoms. The van der Waals surface area contributed by atoms with E-state index < -0.39 is 18.4 Å². The van der Waals surface area contributed by atoms with Gasteiger partial charge in [0.05, 0.1) is 0 Å². The van der Waals surface area contributed by atoms with Crippen LogP contribution in [0.1, 0.15) is 12.8 Å². The van der Waals surface area contributed by atoms with Crippen LogP contribution in [0.25, 0.3) is 0 Å². The Kier molecular flexibility index (Phi) is 4.26. The van der Waals surface area contributed by atoms with Gasteiger partial charge in [-0.25, -0.2) is 4.39 Å². The molecule has 1 rings (SSSR count). The largest absolute Gasteiger partial charge is 0.406 e. The summed E-state index contributed by atoms with van der Waals surface area (Å²) in [6.07, 6.45) is -5.73. The van der Waals surface area contributed by atoms with Crippen LogP contribution in [0.4, 0.5) is 17.6 Å². The Hall–Kier alpha value is -0.0300. The topological polar surface area (TPSA) is 12.0 Å². The molecule has 0 aromatic rings. The average molecular weight is 208 g/mol. The van der Waals surface area contributed by atoms with Crippen molar-refractivity contribution in [1.82, 2.24) is 5.32 Å². The van der Waals surface area contributed by atoms with Crippen LogP contribution >= 0.6 is 12.4 Å². The normalized spacial score (nSPS) is 31.0. The third-order valence-corrected chi connectivity index (χ3v) is 1.74. The Balaban J connectivity index is 0.00000121. The Morgan fingerprint density at radius 2 is 1.83 bits per heavy atom. The molecule has 0 bridgehead atoms. The predicted molar refractivity (Wildman–Crippen MR) is 39.2 cm³/mol. The number of alkyl halides is 4. The highest BCUT2D eigenvalue weighted by molar-refractivity contribution is 5.85. The summed E-state index contributed by atoms with van der Waals surface area (Å²) in [4.78, 5) is 0. The van der Waals surface area contributed by atoms with E-state index in [4.69, 9.17) is 0 Å². The van der Waals surface area contributed by atoms with E-state index in [2.05, 4.69) is 5.32 Å². The number of hydrogen-bond donors (Lipinski definition) is 1. The first-order valence-corrected chi connectivity index (χ1v) is 3.46. The highest BCUT2D eigenvalue weighted by Crippen LogP contribution is 2.27. The fraction of sp³-hybridized carbons (Fsp3) is 1.00. The SMILES string of the molecule is Cl.F[C@H]1CCCN[C@@H]1C(F)(F)F. The molecule has 0 unspecified atom stereocenters. The van der Waals surface area contributed by atoms with Gasteiger partial charge in [-0.2, -0.15) is 13.2 Å². The van der Waals surface area contributed by atoms with Crippen LogP contribution in [0.2, 0.25) is 0 Å². The molecule has 1 N–H and O–H groups in total. The van der Waals surface area contributed by atoms with Gasteiger partial charge in [-0.3, -0.25) is 0 Å². The first-order chi connectivity index (χ1) is 5.02. The number of hydrogen-bond acceptors (Lipinski definition) is 1. The van der Waals surface area contributed by atoms with Crippen molar-refractivity contribution in [2.75, 3.05) is 6.54 Å². The minimum Gasteiger partial charge on any atom is -0.304 e. The molecule has 12 heavy (non-hydrogen) atoms. The van der Waals surface area contributed by atoms with Gasteiger partial charge in [0.25, 0.3) is 0 Å². The first kappa shape index (κ1) is 12.0. The van der Waals surface area contributed by atoms with E-state index in [0.29, 0.717) is 6.42 Å². The smallest absolute Gasteiger partial charge is 0.304 e. The van der Waals surface area contributed by atoms with Crippen LogP contribution in [0.3, 0.4) is 0 Å². The molecule has 0 aromatic heterocycles. The van der Waals surface area contributed by atoms with Gasteiger partial charge in [0.15, 0.2) is 0 Å². The Morgan fingerprint density at radius 3 is 2.17 bits per heavy atom. The maximum Gasteiger partial charge on any atom is 0.406 e. The van der Waals surface area contributed by atoms with E-state index in [1.54, 1.807) is 0 Å². The standard InChI is InChI=1S/C6H9F4N.ClH/c7-4-2-1-3-11-5(4)6(8,9)10;/h4-5,11H,1-3H2;1H/t4-,5-;/m0./s1. The van der Waals surface area contributed by atoms with Crippen molar-refractivity contribution in [3.05, 3.63) is 0 Å². The van der Waals surface area contributed by atoms with Gasteiger partial charge in [0.2, 0.25) is 0 Å². The molecule has 1 fully saturated rings. The summed E-state index contributed by atoms with van der Waals surface area (Å²) < 4.78 is 48.2. The summed E-state index contributed by atoms with van der Waals surface area (Å²) >= 11 is 0. The molecular weight excluding hydrogens is 198 g/mol. The first-order valence-electron chi connectivity index (χ1n) is 3.46. The Bertz CT molecular complexity index is 138. The van der Waals surface area contributed by atoms with Crippen molar-refractivity contribution < 1.29 is 17.6 Å². The molecule has 1 saturated heterocycles. The summed E-state index contributed by atoms with van der Waals surface area (Å²) in [5.74, 6) is 0. The molecule has 2 atom stereocenters. The van der Waals surface area contributed by atoms with E-state index in [1.165, 1.54) is 0 Å². The van der Waals surface area contributed by atoms with Gasteiger partial charge in [-0.05, 0) is 19.4 Å². The predicted octanol–water partition coefficient (Wildman–Crippen LogP) is 2.06. The zero-order chi connectivity index (χ0) is 8.48. The van der Waals surface area contributed by atoms with E-state index in [9.17, 15) is 17.6 Å². The lowest BCUT2D eigenvalue weighted by Crippen LogP contribution is -2.52. The van der Waals surface area contributed by atoms with E-state index in [1.807, 2.05) is 0 Å². The van der Waals surface area contributed by atoms with Crippen LogP contribution in [-0.2, 0) is 0 Å². The van der Waals surface area contributed by atoms with Crippen LogP contribution < -0.4 is 5.32 Å². The van der Waals surface area contributed by atoms with Crippen molar-refractivity contribution in [3.8, 4) is 0 Å². The highest BCUT2D eigenvalue weighted by Gasteiger charge is 2.45. The van der Waals surface area contributed by atoms with Gasteiger partial charge in [-0.15, -0.1) is 12.4 Å². The summed E-state index contributed by atoms with van der Waals surface area (Å²) in [5, 5.41) is 2.11. The van der Waals surface area contributed by atoms with Crippen molar-refractivity contribution in [3.63, 3.8) is 0 Å². The van der Waals surface area contributed by atoms with Crippen LogP contribution in [-0.4, -0.2) is 24.9 Å². The lowest BCUT2D eigenvalue weighted by atomic mass is 10.0. The van der Waals surface area contributed by atoms with Crippen molar-refractivity contribution in [2.24, 2.45) is 0 Å². The van der Waals surface area contributed by atoms with Crippen molar-refractivity contribution in [1.29, 1.82) is 0 Å². The molecule has 0 aromatic carbocycles. The maximum absolute atomic E-state index is 12.6. The highest BCUT2D eigenvalue weighted by atomic mass is 35.5. The van der Waals surface area contributed by atoms with Gasteiger partial charge in [0, 0.05) is 0 Å². The Morgan fingerprint density at radius 1 is 1.25 bits per heavy atom. The molecular formula is C6H10ClF4N. The quantitative estimate of drug-likeness (QED) is 0.600. The number of piperidine rings is 1. The lowest BCUT2D eigenvalue weighted by molar-refractivity contribution is -0.174.